The summed E-state index contributed by atoms with van der Waals surface area (Å²) >= 11 is 7.72. The second-order valence-corrected chi connectivity index (χ2v) is 25.7. The van der Waals surface area contributed by atoms with Crippen molar-refractivity contribution in [2.45, 2.75) is 104 Å². The molecule has 8 rings (SSSR count). The third-order valence-corrected chi connectivity index (χ3v) is 19.1. The molecule has 4 aromatic rings. The van der Waals surface area contributed by atoms with Gasteiger partial charge in [-0.25, -0.2) is 21.6 Å². The van der Waals surface area contributed by atoms with Crippen LogP contribution < -0.4 is 14.9 Å². The number of hydrogen-bond acceptors (Lipinski definition) is 11. The fourth-order valence-corrected chi connectivity index (χ4v) is 13.8. The summed E-state index contributed by atoms with van der Waals surface area (Å²) in [4.78, 5) is 21.8. The second-order valence-electron chi connectivity index (χ2n) is 20.6. The number of allylic oxidation sites excluding steroid dienone is 1. The molecule has 11 nitrogen and oxygen atoms in total. The van der Waals surface area contributed by atoms with Crippen LogP contribution >= 0.6 is 23.4 Å². The maximum atomic E-state index is 14.3. The quantitative estimate of drug-likeness (QED) is 0.104. The van der Waals surface area contributed by atoms with Crippen molar-refractivity contribution in [3.8, 4) is 0 Å². The van der Waals surface area contributed by atoms with Crippen LogP contribution in [0.4, 0.5) is 24.5 Å². The van der Waals surface area contributed by atoms with E-state index in [1.54, 1.807) is 12.1 Å². The largest absolute Gasteiger partial charge is 0.501 e. The third kappa shape index (κ3) is 13.2. The number of carbonyl (C=O) groups is 1. The predicted octanol–water partition coefficient (Wildman–Crippen LogP) is 10.5. The minimum atomic E-state index is -6.06. The molecule has 2 N–H and O–H groups in total. The first kappa shape index (κ1) is 53.2. The molecule has 1 atom stereocenters. The molecule has 71 heavy (non-hydrogen) atoms. The minimum absolute atomic E-state index is 0.00997. The Labute approximate surface area is 427 Å². The Bertz CT molecular complexity index is 2730. The van der Waals surface area contributed by atoms with Crippen LogP contribution in [0.3, 0.4) is 0 Å². The van der Waals surface area contributed by atoms with Crippen LogP contribution in [0.15, 0.2) is 117 Å². The van der Waals surface area contributed by atoms with Gasteiger partial charge in [-0.3, -0.25) is 14.6 Å². The summed E-state index contributed by atoms with van der Waals surface area (Å²) in [5.41, 5.74) is -0.592. The number of amides is 1. The highest BCUT2D eigenvalue weighted by Gasteiger charge is 2.49. The molecule has 2 aliphatic heterocycles. The van der Waals surface area contributed by atoms with E-state index >= 15 is 0 Å². The average molecular weight is 1060 g/mol. The van der Waals surface area contributed by atoms with Gasteiger partial charge in [0.1, 0.15) is 4.90 Å². The fourth-order valence-electron chi connectivity index (χ4n) is 10.7. The van der Waals surface area contributed by atoms with E-state index in [2.05, 4.69) is 57.8 Å². The Morgan fingerprint density at radius 2 is 1.44 bits per heavy atom. The van der Waals surface area contributed by atoms with E-state index in [4.69, 9.17) is 11.6 Å². The first-order valence-electron chi connectivity index (χ1n) is 24.7. The molecule has 2 heterocycles. The van der Waals surface area contributed by atoms with E-state index in [1.165, 1.54) is 72.7 Å². The standard InChI is InChI=1S/C53H66ClF3N6O5S3/c1-51(2,3)63-33-29-60(30-34-63)26-22-43(38-69-45-9-5-4-6-10-45)58-48-20-19-46(35-49(48)70(65,66)53(55,56)57)71(67,68)59-50(64)40-13-17-44(18-14-40)62-31-27-61(28-32-62)37-41-36-52(23-7-8-24-52)25-21-47(41)39-11-15-42(54)16-12-39/h4-6,9-20,35,43,58H,7-8,21-34,36-38H2,1-3H3,(H,59,64). The van der Waals surface area contributed by atoms with Gasteiger partial charge < -0.3 is 15.1 Å². The van der Waals surface area contributed by atoms with Crippen LogP contribution in [-0.4, -0.2) is 126 Å². The van der Waals surface area contributed by atoms with Crippen molar-refractivity contribution >= 4 is 66.1 Å². The van der Waals surface area contributed by atoms with E-state index in [1.807, 2.05) is 47.2 Å². The molecule has 3 fully saturated rings. The zero-order chi connectivity index (χ0) is 50.6. The lowest BCUT2D eigenvalue weighted by atomic mass is 9.69. The number of thioether (sulfide) groups is 1. The van der Waals surface area contributed by atoms with Gasteiger partial charge in [-0.05, 0) is 143 Å². The van der Waals surface area contributed by atoms with Gasteiger partial charge in [0.25, 0.3) is 25.8 Å². The maximum absolute atomic E-state index is 14.3. The molecule has 2 aliphatic carbocycles. The SMILES string of the molecule is CC(C)(C)N1CCN(CCC(CSc2ccccc2)Nc2ccc(S(=O)(=O)NC(=O)c3ccc(N4CCN(CC5=C(c6ccc(Cl)cc6)CCC6(CCCC6)C5)CC4)cc3)cc2S(=O)(=O)C(F)(F)F)CC1. The number of nitrogens with one attached hydrogen (secondary N) is 2. The van der Waals surface area contributed by atoms with E-state index < -0.39 is 47.1 Å². The van der Waals surface area contributed by atoms with Gasteiger partial charge in [0.15, 0.2) is 0 Å². The van der Waals surface area contributed by atoms with Crippen molar-refractivity contribution < 1.29 is 34.8 Å². The number of hydrogen-bond donors (Lipinski definition) is 2. The summed E-state index contributed by atoms with van der Waals surface area (Å²) in [5.74, 6) is -0.629. The lowest BCUT2D eigenvalue weighted by Crippen LogP contribution is -2.53. The van der Waals surface area contributed by atoms with E-state index in [-0.39, 0.29) is 16.8 Å². The number of piperazine rings is 2. The van der Waals surface area contributed by atoms with Gasteiger partial charge in [-0.1, -0.05) is 60.3 Å². The summed E-state index contributed by atoms with van der Waals surface area (Å²) < 4.78 is 98.7. The topological polar surface area (TPSA) is 122 Å². The highest BCUT2D eigenvalue weighted by molar-refractivity contribution is 7.99. The average Bonchev–Trinajstić information content (AvgIpc) is 3.80. The molecular weight excluding hydrogens is 989 g/mol. The van der Waals surface area contributed by atoms with Crippen LogP contribution in [-0.2, 0) is 19.9 Å². The van der Waals surface area contributed by atoms with Crippen molar-refractivity contribution in [2.75, 3.05) is 81.4 Å². The van der Waals surface area contributed by atoms with Gasteiger partial charge in [-0.15, -0.1) is 11.8 Å². The summed E-state index contributed by atoms with van der Waals surface area (Å²) in [7, 11) is -10.9. The number of sulfonamides is 1. The van der Waals surface area contributed by atoms with Crippen molar-refractivity contribution in [3.63, 3.8) is 0 Å². The predicted molar refractivity (Wildman–Crippen MR) is 280 cm³/mol. The fraction of sp³-hybridized carbons (Fsp3) is 0.491. The van der Waals surface area contributed by atoms with Crippen molar-refractivity contribution in [1.82, 2.24) is 19.4 Å². The number of anilines is 2. The second kappa shape index (κ2) is 22.2. The molecule has 1 amide bonds. The van der Waals surface area contributed by atoms with Crippen LogP contribution in [0.25, 0.3) is 5.57 Å². The van der Waals surface area contributed by atoms with E-state index in [0.717, 1.165) is 99.5 Å². The summed E-state index contributed by atoms with van der Waals surface area (Å²) in [5, 5.41) is 3.78. The number of rotatable bonds is 16. The Morgan fingerprint density at radius 1 is 0.789 bits per heavy atom. The minimum Gasteiger partial charge on any atom is -0.380 e. The normalized spacial score (nSPS) is 19.3. The Kier molecular flexibility index (Phi) is 16.6. The highest BCUT2D eigenvalue weighted by Crippen LogP contribution is 2.52. The number of benzene rings is 4. The van der Waals surface area contributed by atoms with Crippen molar-refractivity contribution in [1.29, 1.82) is 0 Å². The molecule has 4 aromatic carbocycles. The maximum Gasteiger partial charge on any atom is 0.501 e. The molecule has 1 unspecified atom stereocenters. The lowest BCUT2D eigenvalue weighted by molar-refractivity contribution is -0.0435. The Morgan fingerprint density at radius 3 is 2.07 bits per heavy atom. The van der Waals surface area contributed by atoms with Crippen molar-refractivity contribution in [2.24, 2.45) is 5.41 Å². The van der Waals surface area contributed by atoms with Crippen LogP contribution in [0.1, 0.15) is 88.1 Å². The number of alkyl halides is 3. The Hall–Kier alpha value is -4.10. The van der Waals surface area contributed by atoms with Crippen LogP contribution in [0.5, 0.6) is 0 Å². The molecule has 18 heteroatoms. The van der Waals surface area contributed by atoms with Gasteiger partial charge in [-0.2, -0.15) is 13.2 Å². The zero-order valence-corrected chi connectivity index (χ0v) is 44.0. The first-order valence-corrected chi connectivity index (χ1v) is 29.0. The van der Waals surface area contributed by atoms with Gasteiger partial charge >= 0.3 is 5.51 Å². The number of carbonyl (C=O) groups excluding carboxylic acids is 1. The summed E-state index contributed by atoms with van der Waals surface area (Å²) in [6, 6.07) is 26.2. The number of nitrogens with zero attached hydrogens (tertiary/aromatic N) is 4. The number of halogens is 4. The monoisotopic (exact) mass is 1050 g/mol. The smallest absolute Gasteiger partial charge is 0.380 e. The van der Waals surface area contributed by atoms with Crippen molar-refractivity contribution in [3.05, 3.63) is 119 Å². The molecule has 384 valence electrons. The Balaban J connectivity index is 0.926. The molecule has 1 spiro atoms. The molecule has 2 saturated heterocycles. The van der Waals surface area contributed by atoms with Crippen LogP contribution in [0, 0.1) is 5.41 Å². The zero-order valence-electron chi connectivity index (χ0n) is 40.8. The number of sulfone groups is 1. The molecule has 0 radical (unpaired) electrons. The summed E-state index contributed by atoms with van der Waals surface area (Å²) in [6.07, 6.45) is 9.10. The molecule has 0 bridgehead atoms. The molecule has 0 aromatic heterocycles. The van der Waals surface area contributed by atoms with E-state index in [9.17, 15) is 34.8 Å². The summed E-state index contributed by atoms with van der Waals surface area (Å²) in [6.45, 7) is 14.5. The van der Waals surface area contributed by atoms with Gasteiger partial charge in [0.2, 0.25) is 0 Å². The van der Waals surface area contributed by atoms with Gasteiger partial charge in [0, 0.05) is 104 Å². The third-order valence-electron chi connectivity index (χ3n) is 14.8. The highest BCUT2D eigenvalue weighted by atomic mass is 35.5. The lowest BCUT2D eigenvalue weighted by Gasteiger charge is -2.42. The van der Waals surface area contributed by atoms with Crippen LogP contribution in [0.2, 0.25) is 5.02 Å². The molecule has 1 saturated carbocycles. The van der Waals surface area contributed by atoms with E-state index in [0.29, 0.717) is 30.2 Å². The molecular formula is C53H66ClF3N6O5S3. The molecule has 4 aliphatic rings. The van der Waals surface area contributed by atoms with Gasteiger partial charge in [0.05, 0.1) is 10.6 Å². The first-order chi connectivity index (χ1) is 33.7.